The standard InChI is InChI=1S/2C4H9.2BrH.2Li.Zn/c2*1-4(2)3;;;;;/h2*1-3H3;2*1H;;;/q2*-1;;;2*+1;+2/p-2. The van der Waals surface area contributed by atoms with E-state index in [1.165, 1.54) is 11.8 Å². The van der Waals surface area contributed by atoms with Gasteiger partial charge in [0.1, 0.15) is 0 Å². The van der Waals surface area contributed by atoms with Gasteiger partial charge >= 0.3 is 57.2 Å². The summed E-state index contributed by atoms with van der Waals surface area (Å²) in [6.45, 7) is 12.5. The second kappa shape index (κ2) is 36.4. The van der Waals surface area contributed by atoms with E-state index in [9.17, 15) is 0 Å². The summed E-state index contributed by atoms with van der Waals surface area (Å²) in [6, 6.07) is 0. The molecule has 0 aromatic heterocycles. The fraction of sp³-hybridized carbons (Fsp3) is 0.750. The predicted molar refractivity (Wildman–Crippen MR) is 40.5 cm³/mol. The third-order valence-corrected chi connectivity index (χ3v) is 0. The van der Waals surface area contributed by atoms with Crippen molar-refractivity contribution in [2.24, 2.45) is 0 Å². The Balaban J connectivity index is -0.00000000800. The van der Waals surface area contributed by atoms with Crippen LogP contribution in [-0.4, -0.2) is 0 Å². The Bertz CT molecular complexity index is 35.6. The Morgan fingerprint density at radius 2 is 0.538 bits per heavy atom. The molecular formula is C8H18Br2Li2Zn. The van der Waals surface area contributed by atoms with Gasteiger partial charge in [-0.05, 0) is 0 Å². The van der Waals surface area contributed by atoms with Crippen LogP contribution in [0.25, 0.3) is 0 Å². The van der Waals surface area contributed by atoms with E-state index in [2.05, 4.69) is 41.5 Å². The van der Waals surface area contributed by atoms with Gasteiger partial charge in [0.15, 0.2) is 0 Å². The zero-order chi connectivity index (χ0) is 7.15. The van der Waals surface area contributed by atoms with E-state index in [1.54, 1.807) is 0 Å². The van der Waals surface area contributed by atoms with Crippen LogP contribution in [0.2, 0.25) is 0 Å². The number of halogens is 2. The minimum absolute atomic E-state index is 0. The van der Waals surface area contributed by atoms with Crippen molar-refractivity contribution in [2.75, 3.05) is 0 Å². The smallest absolute Gasteiger partial charge is 1.00 e. The van der Waals surface area contributed by atoms with E-state index in [1.807, 2.05) is 0 Å². The van der Waals surface area contributed by atoms with Crippen LogP contribution in [0, 0.1) is 11.8 Å². The summed E-state index contributed by atoms with van der Waals surface area (Å²) in [5, 5.41) is 0. The van der Waals surface area contributed by atoms with Crippen LogP contribution >= 0.6 is 0 Å². The summed E-state index contributed by atoms with van der Waals surface area (Å²) < 4.78 is 0. The van der Waals surface area contributed by atoms with Crippen molar-refractivity contribution in [3.63, 3.8) is 0 Å². The van der Waals surface area contributed by atoms with Gasteiger partial charge in [0.25, 0.3) is 0 Å². The summed E-state index contributed by atoms with van der Waals surface area (Å²) in [4.78, 5) is 0. The minimum atomic E-state index is 0. The van der Waals surface area contributed by atoms with Gasteiger partial charge in [-0.3, -0.25) is 0 Å². The zero-order valence-electron chi connectivity index (χ0n) is 10.5. The molecule has 0 spiro atoms. The van der Waals surface area contributed by atoms with Crippen LogP contribution < -0.4 is 71.7 Å². The molecule has 0 aromatic carbocycles. The average Bonchev–Trinajstić information content (AvgIpc) is 1.25. The maximum absolute atomic E-state index is 2.08. The van der Waals surface area contributed by atoms with E-state index in [0.29, 0.717) is 0 Å². The first-order chi connectivity index (χ1) is 3.46. The van der Waals surface area contributed by atoms with Crippen LogP contribution in [-0.2, 0) is 19.5 Å². The summed E-state index contributed by atoms with van der Waals surface area (Å²) in [7, 11) is 0. The predicted octanol–water partition coefficient (Wildman–Crippen LogP) is -8.75. The second-order valence-corrected chi connectivity index (χ2v) is 3.00. The number of rotatable bonds is 0. The Morgan fingerprint density at radius 1 is 0.538 bits per heavy atom. The van der Waals surface area contributed by atoms with Gasteiger partial charge < -0.3 is 45.8 Å². The molecule has 0 heterocycles. The molecule has 0 aliphatic heterocycles. The Labute approximate surface area is 143 Å². The molecule has 0 N–H and O–H groups in total. The van der Waals surface area contributed by atoms with Gasteiger partial charge in [-0.2, -0.15) is 41.5 Å². The quantitative estimate of drug-likeness (QED) is 0.300. The SMILES string of the molecule is C[C-](C)C.C[C-](C)C.[Br-].[Br-].[Li+].[Li+].[Zn+2]. The maximum atomic E-state index is 2.08. The molecule has 0 atom stereocenters. The zero-order valence-corrected chi connectivity index (χ0v) is 16.6. The molecule has 0 aliphatic carbocycles. The molecule has 0 radical (unpaired) electrons. The Kier molecular flexibility index (Phi) is 125. The van der Waals surface area contributed by atoms with Crippen molar-refractivity contribution < 1.29 is 91.2 Å². The van der Waals surface area contributed by atoms with E-state index in [4.69, 9.17) is 0 Å². The van der Waals surface area contributed by atoms with Crippen molar-refractivity contribution in [3.8, 4) is 0 Å². The molecule has 0 bridgehead atoms. The van der Waals surface area contributed by atoms with Crippen LogP contribution in [0.5, 0.6) is 0 Å². The van der Waals surface area contributed by atoms with Crippen molar-refractivity contribution in [3.05, 3.63) is 11.8 Å². The third kappa shape index (κ3) is 313. The molecule has 13 heavy (non-hydrogen) atoms. The van der Waals surface area contributed by atoms with Crippen molar-refractivity contribution in [2.45, 2.75) is 41.5 Å². The van der Waals surface area contributed by atoms with Crippen LogP contribution in [0.15, 0.2) is 0 Å². The summed E-state index contributed by atoms with van der Waals surface area (Å²) in [6.07, 6.45) is 0. The van der Waals surface area contributed by atoms with E-state index in [-0.39, 0.29) is 91.2 Å². The fourth-order valence-electron chi connectivity index (χ4n) is 0. The van der Waals surface area contributed by atoms with Gasteiger partial charge in [0.2, 0.25) is 0 Å². The van der Waals surface area contributed by atoms with Gasteiger partial charge in [-0.25, -0.2) is 0 Å². The molecule has 0 saturated carbocycles. The van der Waals surface area contributed by atoms with E-state index >= 15 is 0 Å². The van der Waals surface area contributed by atoms with Crippen molar-refractivity contribution >= 4 is 0 Å². The normalized spacial score (nSPS) is 5.54. The van der Waals surface area contributed by atoms with Crippen molar-refractivity contribution in [1.29, 1.82) is 0 Å². The van der Waals surface area contributed by atoms with Crippen molar-refractivity contribution in [1.82, 2.24) is 0 Å². The van der Waals surface area contributed by atoms with E-state index in [0.717, 1.165) is 0 Å². The Hall–Kier alpha value is 2.78. The van der Waals surface area contributed by atoms with E-state index < -0.39 is 0 Å². The number of hydrogen-bond acceptors (Lipinski definition) is 0. The molecule has 0 nitrogen and oxygen atoms in total. The maximum Gasteiger partial charge on any atom is 2.00 e. The molecule has 5 heteroatoms. The first kappa shape index (κ1) is 44.7. The average molecular weight is 353 g/mol. The summed E-state index contributed by atoms with van der Waals surface area (Å²) >= 11 is 0. The van der Waals surface area contributed by atoms with Gasteiger partial charge in [0.05, 0.1) is 0 Å². The molecule has 0 aromatic rings. The molecule has 68 valence electrons. The van der Waals surface area contributed by atoms with Crippen LogP contribution in [0.1, 0.15) is 41.5 Å². The van der Waals surface area contributed by atoms with Gasteiger partial charge in [-0.15, -0.1) is 0 Å². The summed E-state index contributed by atoms with van der Waals surface area (Å²) in [5.41, 5.74) is 0. The monoisotopic (exact) mass is 350 g/mol. The number of hydrogen-bond donors (Lipinski definition) is 0. The molecular weight excluding hydrogens is 335 g/mol. The first-order valence-corrected chi connectivity index (χ1v) is 3.00. The molecule has 0 amide bonds. The molecule has 0 saturated heterocycles. The summed E-state index contributed by atoms with van der Waals surface area (Å²) in [5.74, 6) is 2.83. The molecule has 0 aliphatic rings. The topological polar surface area (TPSA) is 0 Å². The van der Waals surface area contributed by atoms with Crippen LogP contribution in [0.3, 0.4) is 0 Å². The van der Waals surface area contributed by atoms with Gasteiger partial charge in [0, 0.05) is 0 Å². The second-order valence-electron chi connectivity index (χ2n) is 3.00. The van der Waals surface area contributed by atoms with Crippen LogP contribution in [0.4, 0.5) is 0 Å². The third-order valence-electron chi connectivity index (χ3n) is 0. The first-order valence-electron chi connectivity index (χ1n) is 3.00. The Morgan fingerprint density at radius 3 is 0.538 bits per heavy atom. The molecule has 0 fully saturated rings. The van der Waals surface area contributed by atoms with Gasteiger partial charge in [-0.1, -0.05) is 0 Å². The fourth-order valence-corrected chi connectivity index (χ4v) is 0. The molecule has 0 rings (SSSR count). The molecule has 0 unspecified atom stereocenters. The minimum Gasteiger partial charge on any atom is -1.00 e. The largest absolute Gasteiger partial charge is 2.00 e.